The SMILES string of the molecule is COC(NC(N)=O)c1ccc(Br)c(CN=O)c1. The van der Waals surface area contributed by atoms with Crippen LogP contribution in [0.3, 0.4) is 0 Å². The van der Waals surface area contributed by atoms with Crippen molar-refractivity contribution >= 4 is 22.0 Å². The fraction of sp³-hybridized carbons (Fsp3) is 0.300. The summed E-state index contributed by atoms with van der Waals surface area (Å²) in [4.78, 5) is 21.0. The Hall–Kier alpha value is -1.47. The fourth-order valence-electron chi connectivity index (χ4n) is 1.36. The van der Waals surface area contributed by atoms with Gasteiger partial charge in [-0.2, -0.15) is 4.91 Å². The lowest BCUT2D eigenvalue weighted by Gasteiger charge is -2.17. The van der Waals surface area contributed by atoms with Gasteiger partial charge in [0.25, 0.3) is 0 Å². The molecule has 0 aliphatic rings. The zero-order valence-electron chi connectivity index (χ0n) is 9.14. The number of ether oxygens (including phenoxy) is 1. The predicted octanol–water partition coefficient (Wildman–Crippen LogP) is 2.03. The average Bonchev–Trinajstić information content (AvgIpc) is 2.29. The summed E-state index contributed by atoms with van der Waals surface area (Å²) >= 11 is 3.30. The Morgan fingerprint density at radius 3 is 2.88 bits per heavy atom. The van der Waals surface area contributed by atoms with Crippen molar-refractivity contribution in [1.82, 2.24) is 5.32 Å². The van der Waals surface area contributed by atoms with Crippen molar-refractivity contribution in [2.45, 2.75) is 12.8 Å². The summed E-state index contributed by atoms with van der Waals surface area (Å²) in [5, 5.41) is 5.25. The summed E-state index contributed by atoms with van der Waals surface area (Å²) in [5.74, 6) is 0. The van der Waals surface area contributed by atoms with E-state index in [0.29, 0.717) is 11.1 Å². The number of hydrogen-bond donors (Lipinski definition) is 2. The molecule has 6 nitrogen and oxygen atoms in total. The minimum atomic E-state index is -0.685. The standard InChI is InChI=1S/C10H12BrN3O3/c1-17-9(14-10(12)15)6-2-3-8(11)7(4-6)5-13-16/h2-4,9H,5H2,1H3,(H3,12,14,15). The number of nitrogens with two attached hydrogens (primary N) is 1. The minimum absolute atomic E-state index is 0.0431. The molecule has 0 aliphatic carbocycles. The summed E-state index contributed by atoms with van der Waals surface area (Å²) in [7, 11) is 1.44. The maximum absolute atomic E-state index is 10.8. The number of nitrogens with one attached hydrogen (secondary N) is 1. The molecule has 1 aromatic rings. The highest BCUT2D eigenvalue weighted by molar-refractivity contribution is 9.10. The molecule has 0 radical (unpaired) electrons. The zero-order chi connectivity index (χ0) is 12.8. The van der Waals surface area contributed by atoms with Crippen molar-refractivity contribution in [3.8, 4) is 0 Å². The van der Waals surface area contributed by atoms with E-state index < -0.39 is 12.3 Å². The quantitative estimate of drug-likeness (QED) is 0.643. The van der Waals surface area contributed by atoms with Crippen LogP contribution in [-0.2, 0) is 11.3 Å². The molecule has 7 heteroatoms. The number of benzene rings is 1. The second kappa shape index (κ2) is 6.31. The molecule has 1 unspecified atom stereocenters. The lowest BCUT2D eigenvalue weighted by atomic mass is 10.1. The topological polar surface area (TPSA) is 93.8 Å². The fourth-order valence-corrected chi connectivity index (χ4v) is 1.73. The van der Waals surface area contributed by atoms with E-state index in [0.717, 1.165) is 4.47 Å². The van der Waals surface area contributed by atoms with Gasteiger partial charge in [-0.25, -0.2) is 4.79 Å². The van der Waals surface area contributed by atoms with E-state index >= 15 is 0 Å². The van der Waals surface area contributed by atoms with Crippen LogP contribution in [-0.4, -0.2) is 13.1 Å². The number of primary amides is 1. The van der Waals surface area contributed by atoms with Crippen molar-refractivity contribution in [2.24, 2.45) is 10.9 Å². The van der Waals surface area contributed by atoms with Gasteiger partial charge in [0.05, 0.1) is 0 Å². The Balaban J connectivity index is 2.99. The van der Waals surface area contributed by atoms with Crippen molar-refractivity contribution in [2.75, 3.05) is 7.11 Å². The summed E-state index contributed by atoms with van der Waals surface area (Å²) < 4.78 is 5.86. The van der Waals surface area contributed by atoms with Gasteiger partial charge in [-0.05, 0) is 17.7 Å². The van der Waals surface area contributed by atoms with Crippen LogP contribution in [0.2, 0.25) is 0 Å². The average molecular weight is 302 g/mol. The molecule has 0 aromatic heterocycles. The van der Waals surface area contributed by atoms with Crippen LogP contribution in [0.5, 0.6) is 0 Å². The van der Waals surface area contributed by atoms with Crippen molar-refractivity contribution in [1.29, 1.82) is 0 Å². The molecule has 0 saturated carbocycles. The first-order chi connectivity index (χ1) is 8.08. The molecular formula is C10H12BrN3O3. The maximum atomic E-state index is 10.8. The number of halogens is 1. The Morgan fingerprint density at radius 2 is 2.35 bits per heavy atom. The summed E-state index contributed by atoms with van der Waals surface area (Å²) in [5.41, 5.74) is 6.43. The third kappa shape index (κ3) is 3.79. The molecule has 3 N–H and O–H groups in total. The molecule has 0 bridgehead atoms. The zero-order valence-corrected chi connectivity index (χ0v) is 10.7. The highest BCUT2D eigenvalue weighted by Crippen LogP contribution is 2.23. The number of nitroso groups, excluding NO2 is 1. The Bertz CT molecular complexity index is 425. The summed E-state index contributed by atoms with van der Waals surface area (Å²) in [6.45, 7) is 0.0431. The van der Waals surface area contributed by atoms with E-state index in [-0.39, 0.29) is 6.54 Å². The third-order valence-electron chi connectivity index (χ3n) is 2.12. The molecule has 1 aromatic carbocycles. The van der Waals surface area contributed by atoms with Crippen LogP contribution in [0.1, 0.15) is 17.4 Å². The van der Waals surface area contributed by atoms with Gasteiger partial charge in [-0.3, -0.25) is 0 Å². The first-order valence-corrected chi connectivity index (χ1v) is 5.54. The van der Waals surface area contributed by atoms with Gasteiger partial charge < -0.3 is 15.8 Å². The molecule has 1 rings (SSSR count). The molecule has 0 fully saturated rings. The second-order valence-corrected chi connectivity index (χ2v) is 4.12. The minimum Gasteiger partial charge on any atom is -0.357 e. The second-order valence-electron chi connectivity index (χ2n) is 3.26. The van der Waals surface area contributed by atoms with Gasteiger partial charge in [0.2, 0.25) is 0 Å². The van der Waals surface area contributed by atoms with Crippen molar-refractivity contribution < 1.29 is 9.53 Å². The monoisotopic (exact) mass is 301 g/mol. The van der Waals surface area contributed by atoms with Crippen LogP contribution in [0.15, 0.2) is 27.8 Å². The van der Waals surface area contributed by atoms with E-state index in [1.54, 1.807) is 18.2 Å². The number of nitrogens with zero attached hydrogens (tertiary/aromatic N) is 1. The lowest BCUT2D eigenvalue weighted by Crippen LogP contribution is -2.34. The molecule has 17 heavy (non-hydrogen) atoms. The Kier molecular flexibility index (Phi) is 5.05. The Morgan fingerprint density at radius 1 is 1.65 bits per heavy atom. The molecule has 0 aliphatic heterocycles. The normalized spacial score (nSPS) is 11.9. The third-order valence-corrected chi connectivity index (χ3v) is 2.89. The first kappa shape index (κ1) is 13.6. The molecule has 1 atom stereocenters. The van der Waals surface area contributed by atoms with Crippen LogP contribution in [0.25, 0.3) is 0 Å². The number of urea groups is 1. The van der Waals surface area contributed by atoms with Gasteiger partial charge in [0, 0.05) is 17.1 Å². The Labute approximate surface area is 107 Å². The number of carbonyl (C=O) groups is 1. The smallest absolute Gasteiger partial charge is 0.314 e. The number of rotatable bonds is 5. The lowest BCUT2D eigenvalue weighted by molar-refractivity contribution is 0.0827. The molecule has 2 amide bonds. The number of methoxy groups -OCH3 is 1. The van der Waals surface area contributed by atoms with E-state index in [2.05, 4.69) is 26.4 Å². The molecule has 0 heterocycles. The summed E-state index contributed by atoms with van der Waals surface area (Å²) in [6, 6.07) is 4.54. The van der Waals surface area contributed by atoms with E-state index in [4.69, 9.17) is 10.5 Å². The summed E-state index contributed by atoms with van der Waals surface area (Å²) in [6.07, 6.45) is -0.647. The maximum Gasteiger partial charge on any atom is 0.314 e. The predicted molar refractivity (Wildman–Crippen MR) is 66.1 cm³/mol. The molecule has 0 saturated heterocycles. The van der Waals surface area contributed by atoms with Gasteiger partial charge in [0.1, 0.15) is 6.54 Å². The van der Waals surface area contributed by atoms with Gasteiger partial charge >= 0.3 is 6.03 Å². The van der Waals surface area contributed by atoms with Crippen molar-refractivity contribution in [3.05, 3.63) is 38.7 Å². The number of amides is 2. The van der Waals surface area contributed by atoms with Crippen LogP contribution < -0.4 is 11.1 Å². The molecule has 0 spiro atoms. The van der Waals surface area contributed by atoms with E-state index in [1.165, 1.54) is 7.11 Å². The van der Waals surface area contributed by atoms with Gasteiger partial charge in [0.15, 0.2) is 6.23 Å². The van der Waals surface area contributed by atoms with Crippen LogP contribution in [0.4, 0.5) is 4.79 Å². The van der Waals surface area contributed by atoms with Gasteiger partial charge in [-0.1, -0.05) is 27.2 Å². The molecule has 92 valence electrons. The van der Waals surface area contributed by atoms with E-state index in [9.17, 15) is 9.70 Å². The molecular weight excluding hydrogens is 290 g/mol. The largest absolute Gasteiger partial charge is 0.357 e. The van der Waals surface area contributed by atoms with E-state index in [1.807, 2.05) is 0 Å². The highest BCUT2D eigenvalue weighted by Gasteiger charge is 2.13. The van der Waals surface area contributed by atoms with Crippen molar-refractivity contribution in [3.63, 3.8) is 0 Å². The van der Waals surface area contributed by atoms with Gasteiger partial charge in [-0.15, -0.1) is 0 Å². The van der Waals surface area contributed by atoms with Crippen LogP contribution in [0, 0.1) is 4.91 Å². The number of carbonyl (C=O) groups excluding carboxylic acids is 1. The first-order valence-electron chi connectivity index (χ1n) is 4.74. The highest BCUT2D eigenvalue weighted by atomic mass is 79.9. The van der Waals surface area contributed by atoms with Crippen LogP contribution >= 0.6 is 15.9 Å². The number of hydrogen-bond acceptors (Lipinski definition) is 4.